The molecule has 0 spiro atoms. The summed E-state index contributed by atoms with van der Waals surface area (Å²) >= 11 is 0. The van der Waals surface area contributed by atoms with E-state index in [0.717, 1.165) is 47.5 Å². The Hall–Kier alpha value is -4.05. The molecule has 0 saturated heterocycles. The molecular weight excluding hydrogens is 480 g/mol. The minimum atomic E-state index is -0.488. The van der Waals surface area contributed by atoms with E-state index in [0.29, 0.717) is 18.8 Å². The van der Waals surface area contributed by atoms with Crippen molar-refractivity contribution < 1.29 is 5.11 Å². The van der Waals surface area contributed by atoms with Crippen LogP contribution in [-0.2, 0) is 25.0 Å². The van der Waals surface area contributed by atoms with Gasteiger partial charge < -0.3 is 9.67 Å². The fourth-order valence-electron chi connectivity index (χ4n) is 5.19. The average molecular weight is 515 g/mol. The van der Waals surface area contributed by atoms with Gasteiger partial charge in [0.2, 0.25) is 5.82 Å². The zero-order valence-corrected chi connectivity index (χ0v) is 22.1. The number of rotatable bonds is 10. The van der Waals surface area contributed by atoms with Crippen molar-refractivity contribution in [2.75, 3.05) is 0 Å². The molecule has 1 aliphatic rings. The van der Waals surface area contributed by atoms with Gasteiger partial charge in [-0.1, -0.05) is 37.6 Å². The third-order valence-electron chi connectivity index (χ3n) is 7.29. The number of allylic oxidation sites excluding steroid dienone is 1. The van der Waals surface area contributed by atoms with Gasteiger partial charge >= 0.3 is 5.69 Å². The summed E-state index contributed by atoms with van der Waals surface area (Å²) in [4.78, 5) is 18.5. The Morgan fingerprint density at radius 3 is 2.79 bits per heavy atom. The maximum Gasteiger partial charge on any atom is 0.334 e. The van der Waals surface area contributed by atoms with Crippen LogP contribution in [0.4, 0.5) is 0 Å². The highest BCUT2D eigenvalue weighted by Crippen LogP contribution is 2.35. The number of benzene rings is 1. The number of hydrogen-bond donors (Lipinski definition) is 2. The molecule has 1 atom stereocenters. The number of aromatic amines is 1. The van der Waals surface area contributed by atoms with Crippen molar-refractivity contribution >= 4 is 6.21 Å². The summed E-state index contributed by atoms with van der Waals surface area (Å²) in [5.41, 5.74) is 3.00. The SMILES string of the molecule is CCCCc1cn(-c2c(CO)ccn2C(C)C)c(=O)n1CC1(c2cccc(-c3nn[nH]n3)c2)C=CN=CC1. The van der Waals surface area contributed by atoms with Gasteiger partial charge in [0.05, 0.1) is 6.61 Å². The molecule has 2 N–H and O–H groups in total. The zero-order valence-electron chi connectivity index (χ0n) is 22.1. The summed E-state index contributed by atoms with van der Waals surface area (Å²) in [5.74, 6) is 1.24. The Balaban J connectivity index is 1.64. The topological polar surface area (TPSA) is 119 Å². The molecular formula is C28H34N8O2. The number of aryl methyl sites for hydroxylation is 1. The van der Waals surface area contributed by atoms with Gasteiger partial charge in [-0.05, 0) is 56.0 Å². The fraction of sp³-hybridized carbons (Fsp3) is 0.393. The van der Waals surface area contributed by atoms with Crippen molar-refractivity contribution in [2.24, 2.45) is 4.99 Å². The summed E-state index contributed by atoms with van der Waals surface area (Å²) < 4.78 is 5.65. The van der Waals surface area contributed by atoms with Crippen molar-refractivity contribution in [3.05, 3.63) is 82.3 Å². The first kappa shape index (κ1) is 25.6. The lowest BCUT2D eigenvalue weighted by molar-refractivity contribution is 0.281. The minimum absolute atomic E-state index is 0.115. The molecule has 0 fully saturated rings. The first-order valence-corrected chi connectivity index (χ1v) is 13.1. The van der Waals surface area contributed by atoms with E-state index in [-0.39, 0.29) is 18.3 Å². The Morgan fingerprint density at radius 2 is 2.11 bits per heavy atom. The number of aliphatic imine (C=N–C) groups is 1. The molecule has 4 aromatic rings. The summed E-state index contributed by atoms with van der Waals surface area (Å²) in [7, 11) is 0. The number of nitrogens with zero attached hydrogens (tertiary/aromatic N) is 7. The fourth-order valence-corrected chi connectivity index (χ4v) is 5.19. The molecule has 10 nitrogen and oxygen atoms in total. The normalized spacial score (nSPS) is 17.1. The van der Waals surface area contributed by atoms with Gasteiger partial charge in [-0.25, -0.2) is 4.79 Å². The molecule has 38 heavy (non-hydrogen) atoms. The number of aliphatic hydroxyl groups excluding tert-OH is 1. The van der Waals surface area contributed by atoms with E-state index in [1.54, 1.807) is 4.57 Å². The van der Waals surface area contributed by atoms with Crippen LogP contribution in [-0.4, -0.2) is 45.6 Å². The maximum atomic E-state index is 14.1. The van der Waals surface area contributed by atoms with Crippen LogP contribution in [0, 0.1) is 0 Å². The zero-order chi connectivity index (χ0) is 26.7. The van der Waals surface area contributed by atoms with Crippen molar-refractivity contribution in [2.45, 2.75) is 71.1 Å². The van der Waals surface area contributed by atoms with Crippen LogP contribution >= 0.6 is 0 Å². The molecule has 5 rings (SSSR count). The maximum absolute atomic E-state index is 14.1. The van der Waals surface area contributed by atoms with E-state index in [2.05, 4.69) is 64.6 Å². The molecule has 3 aromatic heterocycles. The molecule has 10 heteroatoms. The second-order valence-electron chi connectivity index (χ2n) is 10.1. The third-order valence-corrected chi connectivity index (χ3v) is 7.29. The minimum Gasteiger partial charge on any atom is -0.392 e. The second kappa shape index (κ2) is 10.7. The van der Waals surface area contributed by atoms with Crippen molar-refractivity contribution in [1.82, 2.24) is 34.3 Å². The van der Waals surface area contributed by atoms with E-state index >= 15 is 0 Å². The smallest absolute Gasteiger partial charge is 0.334 e. The standard InChI is InChI=1S/C28H34N8O2/c1-4-5-9-24-17-35(26-22(18-37)10-15-34(26)20(2)3)27(38)36(24)19-28(11-13-29-14-12-28)23-8-6-7-21(16-23)25-30-32-33-31-25/h6-8,10-11,13-17,20,37H,4-5,9,12,18-19H2,1-3H3,(H,30,31,32,33). The van der Waals surface area contributed by atoms with E-state index in [9.17, 15) is 9.90 Å². The van der Waals surface area contributed by atoms with Gasteiger partial charge in [0, 0.05) is 59.6 Å². The van der Waals surface area contributed by atoms with Crippen LogP contribution in [0.2, 0.25) is 0 Å². The first-order chi connectivity index (χ1) is 18.5. The molecule has 198 valence electrons. The third kappa shape index (κ3) is 4.67. The van der Waals surface area contributed by atoms with Gasteiger partial charge in [0.1, 0.15) is 5.82 Å². The van der Waals surface area contributed by atoms with E-state index in [1.807, 2.05) is 52.1 Å². The molecule has 0 bridgehead atoms. The first-order valence-electron chi connectivity index (χ1n) is 13.1. The quantitative estimate of drug-likeness (QED) is 0.332. The number of aromatic nitrogens is 7. The number of nitrogens with one attached hydrogen (secondary N) is 1. The predicted molar refractivity (Wildman–Crippen MR) is 146 cm³/mol. The highest BCUT2D eigenvalue weighted by Gasteiger charge is 2.33. The van der Waals surface area contributed by atoms with Crippen molar-refractivity contribution in [3.8, 4) is 17.2 Å². The molecule has 1 unspecified atom stereocenters. The second-order valence-corrected chi connectivity index (χ2v) is 10.1. The monoisotopic (exact) mass is 514 g/mol. The summed E-state index contributed by atoms with van der Waals surface area (Å²) in [6, 6.07) is 10.1. The number of tetrazole rings is 1. The lowest BCUT2D eigenvalue weighted by Gasteiger charge is -2.32. The molecule has 4 heterocycles. The van der Waals surface area contributed by atoms with Crippen LogP contribution in [0.25, 0.3) is 17.2 Å². The lowest BCUT2D eigenvalue weighted by Crippen LogP contribution is -2.37. The molecule has 1 aromatic carbocycles. The molecule has 0 saturated carbocycles. The van der Waals surface area contributed by atoms with Crippen LogP contribution in [0.1, 0.15) is 62.9 Å². The van der Waals surface area contributed by atoms with Gasteiger partial charge in [-0.15, -0.1) is 10.2 Å². The Kier molecular flexibility index (Phi) is 7.24. The number of hydrogen-bond acceptors (Lipinski definition) is 6. The summed E-state index contributed by atoms with van der Waals surface area (Å²) in [5, 5.41) is 24.6. The van der Waals surface area contributed by atoms with Crippen LogP contribution in [0.15, 0.2) is 64.8 Å². The number of unbranched alkanes of at least 4 members (excludes halogenated alkanes) is 1. The number of imidazole rings is 1. The highest BCUT2D eigenvalue weighted by molar-refractivity contribution is 5.65. The average Bonchev–Trinajstić information content (AvgIpc) is 3.68. The molecule has 0 amide bonds. The largest absolute Gasteiger partial charge is 0.392 e. The van der Waals surface area contributed by atoms with Gasteiger partial charge in [0.25, 0.3) is 0 Å². The summed E-state index contributed by atoms with van der Waals surface area (Å²) in [6.07, 6.45) is 13.1. The Labute approximate surface area is 221 Å². The Bertz CT molecular complexity index is 1510. The van der Waals surface area contributed by atoms with E-state index < -0.39 is 5.41 Å². The van der Waals surface area contributed by atoms with Gasteiger partial charge in [-0.3, -0.25) is 14.1 Å². The predicted octanol–water partition coefficient (Wildman–Crippen LogP) is 3.96. The van der Waals surface area contributed by atoms with E-state index in [1.165, 1.54) is 0 Å². The molecule has 0 radical (unpaired) electrons. The molecule has 0 aliphatic carbocycles. The Morgan fingerprint density at radius 1 is 1.24 bits per heavy atom. The van der Waals surface area contributed by atoms with E-state index in [4.69, 9.17) is 0 Å². The van der Waals surface area contributed by atoms with Crippen LogP contribution in [0.3, 0.4) is 0 Å². The van der Waals surface area contributed by atoms with Gasteiger partial charge in [0.15, 0.2) is 0 Å². The van der Waals surface area contributed by atoms with Crippen molar-refractivity contribution in [3.63, 3.8) is 0 Å². The highest BCUT2D eigenvalue weighted by atomic mass is 16.3. The lowest BCUT2D eigenvalue weighted by atomic mass is 9.76. The van der Waals surface area contributed by atoms with Crippen LogP contribution in [0.5, 0.6) is 0 Å². The molecule has 1 aliphatic heterocycles. The number of H-pyrrole nitrogens is 1. The number of aliphatic hydroxyl groups is 1. The van der Waals surface area contributed by atoms with Crippen molar-refractivity contribution in [1.29, 1.82) is 0 Å². The van der Waals surface area contributed by atoms with Crippen LogP contribution < -0.4 is 5.69 Å². The summed E-state index contributed by atoms with van der Waals surface area (Å²) in [6.45, 7) is 6.61. The van der Waals surface area contributed by atoms with Gasteiger partial charge in [-0.2, -0.15) is 5.21 Å².